The smallest absolute Gasteiger partial charge is 0.143 e. The van der Waals surface area contributed by atoms with Crippen LogP contribution in [0.2, 0.25) is 0 Å². The van der Waals surface area contributed by atoms with E-state index in [9.17, 15) is 5.48 Å². The van der Waals surface area contributed by atoms with Gasteiger partial charge in [-0.25, -0.2) is 0 Å². The molecule has 0 atom stereocenters. The van der Waals surface area contributed by atoms with Gasteiger partial charge in [-0.2, -0.15) is 0 Å². The molecule has 0 amide bonds. The Balaban J connectivity index is 1.11. The zero-order valence-electron chi connectivity index (χ0n) is 33.5. The minimum atomic E-state index is 0.154. The van der Waals surface area contributed by atoms with Gasteiger partial charge in [0.1, 0.15) is 22.3 Å². The number of hydrogen-bond donors (Lipinski definition) is 0. The van der Waals surface area contributed by atoms with Gasteiger partial charge >= 0.3 is 0 Å². The second kappa shape index (κ2) is 12.6. The average molecular weight is 708 g/mol. The predicted octanol–water partition coefficient (Wildman–Crippen LogP) is 15.1. The van der Waals surface area contributed by atoms with Crippen LogP contribution in [0.5, 0.6) is 0 Å². The van der Waals surface area contributed by atoms with Gasteiger partial charge in [0.25, 0.3) is 0 Å². The highest BCUT2D eigenvalue weighted by Crippen LogP contribution is 2.42. The van der Waals surface area contributed by atoms with Gasteiger partial charge in [-0.1, -0.05) is 145 Å². The van der Waals surface area contributed by atoms with E-state index in [1.54, 1.807) is 24.3 Å². The Bertz CT molecular complexity index is 3420. The van der Waals surface area contributed by atoms with Crippen molar-refractivity contribution in [3.63, 3.8) is 0 Å². The summed E-state index contributed by atoms with van der Waals surface area (Å²) in [4.78, 5) is 1.95. The van der Waals surface area contributed by atoms with E-state index in [0.29, 0.717) is 33.6 Å². The second-order valence-corrected chi connectivity index (χ2v) is 13.7. The molecule has 0 spiro atoms. The first-order valence-corrected chi connectivity index (χ1v) is 18.3. The Labute approximate surface area is 323 Å². The normalized spacial score (nSPS) is 12.7. The number of anilines is 3. The molecule has 0 unspecified atom stereocenters. The van der Waals surface area contributed by atoms with E-state index >= 15 is 0 Å². The summed E-state index contributed by atoms with van der Waals surface area (Å²) in [6.45, 7) is 0. The SMILES string of the molecule is [2H]c1cc(N(c2cccc(-c3cccc4oc5ccccc5c34)c2)c2cc([2H])c(-c3cccc4c3oc3ccccc34)c([2H])c2)cc([2H])c1-c1cccc2ccccc12. The van der Waals surface area contributed by atoms with Crippen molar-refractivity contribution >= 4 is 71.7 Å². The number of benzene rings is 9. The van der Waals surface area contributed by atoms with E-state index in [1.807, 2.05) is 132 Å². The van der Waals surface area contributed by atoms with Gasteiger partial charge in [0.15, 0.2) is 0 Å². The topological polar surface area (TPSA) is 29.5 Å². The van der Waals surface area contributed by atoms with Crippen LogP contribution in [0.3, 0.4) is 0 Å². The third kappa shape index (κ3) is 5.20. The van der Waals surface area contributed by atoms with Gasteiger partial charge in [0, 0.05) is 44.2 Å². The van der Waals surface area contributed by atoms with Crippen molar-refractivity contribution in [2.75, 3.05) is 4.90 Å². The van der Waals surface area contributed by atoms with E-state index in [-0.39, 0.29) is 24.2 Å². The molecule has 0 bridgehead atoms. The lowest BCUT2D eigenvalue weighted by Crippen LogP contribution is -2.10. The Morgan fingerprint density at radius 2 is 0.909 bits per heavy atom. The number of fused-ring (bicyclic) bond motifs is 7. The van der Waals surface area contributed by atoms with Crippen molar-refractivity contribution in [1.29, 1.82) is 0 Å². The molecule has 0 fully saturated rings. The monoisotopic (exact) mass is 707 g/mol. The minimum absolute atomic E-state index is 0.154. The summed E-state index contributed by atoms with van der Waals surface area (Å²) in [7, 11) is 0. The summed E-state index contributed by atoms with van der Waals surface area (Å²) in [6, 6.07) is 57.7. The third-order valence-corrected chi connectivity index (χ3v) is 10.5. The summed E-state index contributed by atoms with van der Waals surface area (Å²) in [5.74, 6) is 0. The molecular weight excluding hydrogens is 671 g/mol. The van der Waals surface area contributed by atoms with Crippen LogP contribution in [0, 0.1) is 0 Å². The Morgan fingerprint density at radius 3 is 1.71 bits per heavy atom. The number of para-hydroxylation sites is 3. The Morgan fingerprint density at radius 1 is 0.364 bits per heavy atom. The fraction of sp³-hybridized carbons (Fsp3) is 0. The molecule has 0 saturated heterocycles. The lowest BCUT2D eigenvalue weighted by atomic mass is 9.97. The summed E-state index contributed by atoms with van der Waals surface area (Å²) in [6.07, 6.45) is 0. The molecule has 0 radical (unpaired) electrons. The molecular formula is C52H33NO2. The molecule has 55 heavy (non-hydrogen) atoms. The molecule has 3 heteroatoms. The van der Waals surface area contributed by atoms with Gasteiger partial charge in [-0.05, 0) is 93.2 Å². The van der Waals surface area contributed by atoms with Crippen LogP contribution < -0.4 is 4.90 Å². The third-order valence-electron chi connectivity index (χ3n) is 10.5. The number of furan rings is 2. The Hall–Kier alpha value is -7.36. The minimum Gasteiger partial charge on any atom is -0.456 e. The maximum Gasteiger partial charge on any atom is 0.143 e. The van der Waals surface area contributed by atoms with Crippen molar-refractivity contribution in [1.82, 2.24) is 0 Å². The molecule has 0 aliphatic rings. The number of rotatable bonds is 6. The average Bonchev–Trinajstić information content (AvgIpc) is 3.83. The van der Waals surface area contributed by atoms with Crippen molar-refractivity contribution in [3.8, 4) is 33.4 Å². The van der Waals surface area contributed by atoms with Crippen LogP contribution in [0.4, 0.5) is 17.1 Å². The van der Waals surface area contributed by atoms with E-state index in [1.165, 1.54) is 0 Å². The lowest BCUT2D eigenvalue weighted by Gasteiger charge is -2.26. The van der Waals surface area contributed by atoms with Crippen LogP contribution in [-0.2, 0) is 0 Å². The van der Waals surface area contributed by atoms with Crippen LogP contribution in [0.1, 0.15) is 5.48 Å². The molecule has 0 N–H and O–H groups in total. The first-order valence-electron chi connectivity index (χ1n) is 20.3. The van der Waals surface area contributed by atoms with E-state index < -0.39 is 0 Å². The predicted molar refractivity (Wildman–Crippen MR) is 229 cm³/mol. The van der Waals surface area contributed by atoms with Crippen LogP contribution in [0.25, 0.3) is 88.0 Å². The van der Waals surface area contributed by atoms with Gasteiger partial charge < -0.3 is 13.7 Å². The molecule has 0 aliphatic carbocycles. The maximum atomic E-state index is 9.48. The Kier molecular flexibility index (Phi) is 6.27. The maximum absolute atomic E-state index is 9.48. The van der Waals surface area contributed by atoms with Gasteiger partial charge in [0.2, 0.25) is 0 Å². The van der Waals surface area contributed by atoms with E-state index in [2.05, 4.69) is 24.3 Å². The van der Waals surface area contributed by atoms with E-state index in [4.69, 9.17) is 8.83 Å². The molecule has 2 heterocycles. The number of hydrogen-bond acceptors (Lipinski definition) is 3. The van der Waals surface area contributed by atoms with Crippen LogP contribution in [0.15, 0.2) is 209 Å². The molecule has 3 nitrogen and oxygen atoms in total. The fourth-order valence-corrected chi connectivity index (χ4v) is 7.98. The summed E-state index contributed by atoms with van der Waals surface area (Å²) in [5, 5.41) is 5.96. The van der Waals surface area contributed by atoms with Crippen molar-refractivity contribution < 1.29 is 14.3 Å². The molecule has 258 valence electrons. The summed E-state index contributed by atoms with van der Waals surface area (Å²) < 4.78 is 50.4. The summed E-state index contributed by atoms with van der Waals surface area (Å²) >= 11 is 0. The molecule has 0 aliphatic heterocycles. The first-order chi connectivity index (χ1) is 28.9. The molecule has 2 aromatic heterocycles. The van der Waals surface area contributed by atoms with Crippen molar-refractivity contribution in [2.24, 2.45) is 0 Å². The molecule has 11 rings (SSSR count). The quantitative estimate of drug-likeness (QED) is 0.172. The van der Waals surface area contributed by atoms with E-state index in [0.717, 1.165) is 71.4 Å². The lowest BCUT2D eigenvalue weighted by molar-refractivity contribution is 0.669. The van der Waals surface area contributed by atoms with Crippen molar-refractivity contribution in [2.45, 2.75) is 0 Å². The van der Waals surface area contributed by atoms with Gasteiger partial charge in [-0.3, -0.25) is 0 Å². The van der Waals surface area contributed by atoms with Crippen molar-refractivity contribution in [3.05, 3.63) is 200 Å². The van der Waals surface area contributed by atoms with Crippen LogP contribution in [-0.4, -0.2) is 0 Å². The number of nitrogens with zero attached hydrogens (tertiary/aromatic N) is 1. The van der Waals surface area contributed by atoms with Gasteiger partial charge in [0.05, 0.1) is 5.48 Å². The van der Waals surface area contributed by atoms with Crippen LogP contribution >= 0.6 is 0 Å². The second-order valence-electron chi connectivity index (χ2n) is 13.7. The van der Waals surface area contributed by atoms with Gasteiger partial charge in [-0.15, -0.1) is 0 Å². The largest absolute Gasteiger partial charge is 0.456 e. The highest BCUT2D eigenvalue weighted by Gasteiger charge is 2.18. The standard InChI is InChI=1S/C52H33NO2/c1-2-15-41-34(11-1)12-8-18-42(41)35-25-29-38(30-26-35)53(39-31-27-36(28-32-39)44-20-9-21-46-45-16-3-5-22-48(45)55-52(44)46)40-14-7-13-37(33-40)43-19-10-24-50-51(43)47-17-4-6-23-49(47)54-50/h1-33H/i25D,26D,27D,28D. The highest BCUT2D eigenvalue weighted by molar-refractivity contribution is 6.13. The zero-order chi connectivity index (χ0) is 39.8. The molecule has 0 saturated carbocycles. The molecule has 9 aromatic carbocycles. The first kappa shape index (κ1) is 27.3. The molecule has 11 aromatic rings. The fourth-order valence-electron chi connectivity index (χ4n) is 7.98. The summed E-state index contributed by atoms with van der Waals surface area (Å²) in [5.41, 5.74) is 9.30. The zero-order valence-corrected chi connectivity index (χ0v) is 29.5. The highest BCUT2D eigenvalue weighted by atomic mass is 16.3.